The van der Waals surface area contributed by atoms with Gasteiger partial charge in [0, 0.05) is 30.3 Å². The van der Waals surface area contributed by atoms with Crippen molar-refractivity contribution in [2.45, 2.75) is 19.3 Å². The van der Waals surface area contributed by atoms with Crippen molar-refractivity contribution in [2.75, 3.05) is 22.9 Å². The molecular formula is C19H17ClN2O3S. The van der Waals surface area contributed by atoms with Gasteiger partial charge in [-0.15, -0.1) is 0 Å². The van der Waals surface area contributed by atoms with Gasteiger partial charge in [0.1, 0.15) is 5.76 Å². The summed E-state index contributed by atoms with van der Waals surface area (Å²) in [6, 6.07) is 10.4. The molecule has 3 heterocycles. The molecule has 0 N–H and O–H groups in total. The third-order valence-corrected chi connectivity index (χ3v) is 5.55. The molecule has 0 atom stereocenters. The Morgan fingerprint density at radius 2 is 1.73 bits per heavy atom. The molecular weight excluding hydrogens is 372 g/mol. The Hall–Kier alpha value is -2.18. The molecule has 2 amide bonds. The standard InChI is InChI=1S/C19H17ClN2O3S/c20-13-4-6-14(7-5-13)22-18(23)16(26-19(22)24)12-15-8-9-17(25-15)21-10-2-1-3-11-21/h4-9,12H,1-3,10-11H2/b16-12+. The van der Waals surface area contributed by atoms with Crippen LogP contribution >= 0.6 is 23.4 Å². The van der Waals surface area contributed by atoms with E-state index < -0.39 is 0 Å². The fraction of sp³-hybridized carbons (Fsp3) is 0.263. The number of hydrogen-bond acceptors (Lipinski definition) is 5. The van der Waals surface area contributed by atoms with E-state index in [4.69, 9.17) is 16.0 Å². The fourth-order valence-electron chi connectivity index (χ4n) is 3.11. The number of amides is 2. The zero-order valence-corrected chi connectivity index (χ0v) is 15.6. The average molecular weight is 389 g/mol. The fourth-order valence-corrected chi connectivity index (χ4v) is 4.06. The summed E-state index contributed by atoms with van der Waals surface area (Å²) in [6.45, 7) is 1.97. The normalized spacial score (nSPS) is 19.7. The van der Waals surface area contributed by atoms with Gasteiger partial charge in [-0.2, -0.15) is 0 Å². The SMILES string of the molecule is O=C1S/C(=C/c2ccc(N3CCCCC3)o2)C(=O)N1c1ccc(Cl)cc1. The van der Waals surface area contributed by atoms with Gasteiger partial charge in [-0.05, 0) is 61.4 Å². The molecule has 0 aliphatic carbocycles. The molecule has 2 aliphatic rings. The number of carbonyl (C=O) groups is 2. The zero-order chi connectivity index (χ0) is 18.1. The summed E-state index contributed by atoms with van der Waals surface area (Å²) in [5.41, 5.74) is 0.508. The molecule has 2 aliphatic heterocycles. The molecule has 0 bridgehead atoms. The maximum Gasteiger partial charge on any atom is 0.298 e. The first kappa shape index (κ1) is 17.2. The van der Waals surface area contributed by atoms with E-state index in [1.807, 2.05) is 12.1 Å². The maximum absolute atomic E-state index is 12.6. The van der Waals surface area contributed by atoms with Gasteiger partial charge in [-0.1, -0.05) is 11.6 Å². The second-order valence-electron chi connectivity index (χ2n) is 6.22. The number of benzene rings is 1. The summed E-state index contributed by atoms with van der Waals surface area (Å²) in [5.74, 6) is 1.04. The van der Waals surface area contributed by atoms with Gasteiger partial charge in [-0.25, -0.2) is 4.90 Å². The maximum atomic E-state index is 12.6. The van der Waals surface area contributed by atoms with Gasteiger partial charge >= 0.3 is 0 Å². The molecule has 0 unspecified atom stereocenters. The number of nitrogens with zero attached hydrogens (tertiary/aromatic N) is 2. The Bertz CT molecular complexity index is 869. The van der Waals surface area contributed by atoms with Crippen LogP contribution in [0.15, 0.2) is 45.7 Å². The number of halogens is 1. The molecule has 134 valence electrons. The van der Waals surface area contributed by atoms with E-state index in [1.54, 1.807) is 30.3 Å². The van der Waals surface area contributed by atoms with Crippen LogP contribution in [0.5, 0.6) is 0 Å². The second-order valence-corrected chi connectivity index (χ2v) is 7.65. The predicted octanol–water partition coefficient (Wildman–Crippen LogP) is 5.16. The van der Waals surface area contributed by atoms with Crippen LogP contribution in [0.25, 0.3) is 6.08 Å². The number of thioether (sulfide) groups is 1. The van der Waals surface area contributed by atoms with Crippen molar-refractivity contribution in [2.24, 2.45) is 0 Å². The minimum Gasteiger partial charge on any atom is -0.441 e. The van der Waals surface area contributed by atoms with Crippen molar-refractivity contribution < 1.29 is 14.0 Å². The number of piperidine rings is 1. The molecule has 1 aromatic heterocycles. The van der Waals surface area contributed by atoms with Crippen LogP contribution in [0.2, 0.25) is 5.02 Å². The highest BCUT2D eigenvalue weighted by atomic mass is 35.5. The Kier molecular flexibility index (Phi) is 4.78. The topological polar surface area (TPSA) is 53.8 Å². The molecule has 1 aromatic carbocycles. The first-order valence-electron chi connectivity index (χ1n) is 8.50. The van der Waals surface area contributed by atoms with E-state index in [1.165, 1.54) is 6.42 Å². The molecule has 5 nitrogen and oxygen atoms in total. The molecule has 0 radical (unpaired) electrons. The van der Waals surface area contributed by atoms with E-state index in [0.29, 0.717) is 21.4 Å². The number of furan rings is 1. The lowest BCUT2D eigenvalue weighted by atomic mass is 10.1. The Morgan fingerprint density at radius 1 is 1.00 bits per heavy atom. The lowest BCUT2D eigenvalue weighted by Gasteiger charge is -2.25. The highest BCUT2D eigenvalue weighted by molar-refractivity contribution is 8.19. The lowest BCUT2D eigenvalue weighted by Crippen LogP contribution is -2.28. The van der Waals surface area contributed by atoms with Crippen LogP contribution in [-0.2, 0) is 4.79 Å². The van der Waals surface area contributed by atoms with Crippen LogP contribution in [0.3, 0.4) is 0 Å². The van der Waals surface area contributed by atoms with Gasteiger partial charge < -0.3 is 9.32 Å². The van der Waals surface area contributed by atoms with Crippen molar-refractivity contribution in [3.63, 3.8) is 0 Å². The van der Waals surface area contributed by atoms with Crippen molar-refractivity contribution in [1.29, 1.82) is 0 Å². The van der Waals surface area contributed by atoms with E-state index in [9.17, 15) is 9.59 Å². The van der Waals surface area contributed by atoms with Gasteiger partial charge in [-0.3, -0.25) is 9.59 Å². The van der Waals surface area contributed by atoms with E-state index >= 15 is 0 Å². The number of anilines is 2. The van der Waals surface area contributed by atoms with Crippen molar-refractivity contribution in [3.05, 3.63) is 52.1 Å². The zero-order valence-electron chi connectivity index (χ0n) is 14.0. The summed E-state index contributed by atoms with van der Waals surface area (Å²) in [4.78, 5) is 28.6. The van der Waals surface area contributed by atoms with Gasteiger partial charge in [0.2, 0.25) is 0 Å². The summed E-state index contributed by atoms with van der Waals surface area (Å²) >= 11 is 6.78. The van der Waals surface area contributed by atoms with Crippen LogP contribution in [0, 0.1) is 0 Å². The van der Waals surface area contributed by atoms with Crippen LogP contribution in [-0.4, -0.2) is 24.2 Å². The first-order valence-corrected chi connectivity index (χ1v) is 9.69. The molecule has 7 heteroatoms. The largest absolute Gasteiger partial charge is 0.441 e. The number of carbonyl (C=O) groups excluding carboxylic acids is 2. The minimum atomic E-state index is -0.349. The molecule has 2 saturated heterocycles. The predicted molar refractivity (Wildman–Crippen MR) is 105 cm³/mol. The summed E-state index contributed by atoms with van der Waals surface area (Å²) in [6.07, 6.45) is 5.21. The van der Waals surface area contributed by atoms with Crippen LogP contribution in [0.4, 0.5) is 16.4 Å². The second kappa shape index (κ2) is 7.21. The first-order chi connectivity index (χ1) is 12.6. The third-order valence-electron chi connectivity index (χ3n) is 4.43. The van der Waals surface area contributed by atoms with Crippen molar-refractivity contribution >= 4 is 52.2 Å². The van der Waals surface area contributed by atoms with Gasteiger partial charge in [0.25, 0.3) is 11.1 Å². The van der Waals surface area contributed by atoms with Crippen molar-refractivity contribution in [3.8, 4) is 0 Å². The molecule has 2 aromatic rings. The average Bonchev–Trinajstić information content (AvgIpc) is 3.22. The summed E-state index contributed by atoms with van der Waals surface area (Å²) in [7, 11) is 0. The molecule has 0 spiro atoms. The lowest BCUT2D eigenvalue weighted by molar-refractivity contribution is -0.113. The molecule has 26 heavy (non-hydrogen) atoms. The summed E-state index contributed by atoms with van der Waals surface area (Å²) < 4.78 is 5.86. The Morgan fingerprint density at radius 3 is 2.46 bits per heavy atom. The van der Waals surface area contributed by atoms with Gasteiger partial charge in [0.15, 0.2) is 5.88 Å². The third kappa shape index (κ3) is 3.39. The van der Waals surface area contributed by atoms with E-state index in [2.05, 4.69) is 4.90 Å². The highest BCUT2D eigenvalue weighted by Crippen LogP contribution is 2.36. The van der Waals surface area contributed by atoms with Crippen LogP contribution < -0.4 is 9.80 Å². The Labute approximate surface area is 160 Å². The number of hydrogen-bond donors (Lipinski definition) is 0. The smallest absolute Gasteiger partial charge is 0.298 e. The monoisotopic (exact) mass is 388 g/mol. The summed E-state index contributed by atoms with van der Waals surface area (Å²) in [5, 5.41) is 0.225. The Balaban J connectivity index is 1.54. The minimum absolute atomic E-state index is 0.327. The van der Waals surface area contributed by atoms with E-state index in [-0.39, 0.29) is 11.1 Å². The van der Waals surface area contributed by atoms with E-state index in [0.717, 1.165) is 48.5 Å². The molecule has 2 fully saturated rings. The molecule has 4 rings (SSSR count). The van der Waals surface area contributed by atoms with Gasteiger partial charge in [0.05, 0.1) is 10.6 Å². The molecule has 0 saturated carbocycles. The number of rotatable bonds is 3. The van der Waals surface area contributed by atoms with Crippen molar-refractivity contribution in [1.82, 2.24) is 0 Å². The highest BCUT2D eigenvalue weighted by Gasteiger charge is 2.36. The van der Waals surface area contributed by atoms with Crippen LogP contribution in [0.1, 0.15) is 25.0 Å². The quantitative estimate of drug-likeness (QED) is 0.679. The number of imide groups is 1.